The Kier molecular flexibility index (Phi) is 4.92. The zero-order valence-electron chi connectivity index (χ0n) is 13.8. The van der Waals surface area contributed by atoms with Crippen LogP contribution in [0, 0.1) is 10.1 Å². The summed E-state index contributed by atoms with van der Waals surface area (Å²) in [6, 6.07) is 6.76. The van der Waals surface area contributed by atoms with Gasteiger partial charge in [0, 0.05) is 25.1 Å². The van der Waals surface area contributed by atoms with Crippen LogP contribution in [0.2, 0.25) is 0 Å². The third-order valence-corrected chi connectivity index (χ3v) is 4.26. The van der Waals surface area contributed by atoms with Crippen molar-refractivity contribution in [1.82, 2.24) is 15.2 Å². The molecule has 1 aromatic heterocycles. The normalized spacial score (nSPS) is 15.2. The second-order valence-corrected chi connectivity index (χ2v) is 5.77. The zero-order valence-corrected chi connectivity index (χ0v) is 13.8. The smallest absolute Gasteiger partial charge is 0.378 e. The second-order valence-electron chi connectivity index (χ2n) is 5.77. The summed E-state index contributed by atoms with van der Waals surface area (Å²) < 4.78 is 4.88. The standard InChI is InChI=1S/C16H19N5O4/c1-2-25-16(22)15-17-14(18-19-15)11-7-9-20(10-8-11)12-5-3-4-6-13(12)21(23)24/h3-6,11H,2,7-10H2,1H3,(H,17,18,19). The molecule has 25 heavy (non-hydrogen) atoms. The largest absolute Gasteiger partial charge is 0.460 e. The minimum atomic E-state index is -0.539. The molecule has 1 aromatic carbocycles. The molecule has 0 atom stereocenters. The van der Waals surface area contributed by atoms with E-state index in [1.165, 1.54) is 6.07 Å². The number of hydrogen-bond acceptors (Lipinski definition) is 7. The highest BCUT2D eigenvalue weighted by Crippen LogP contribution is 2.33. The van der Waals surface area contributed by atoms with Crippen molar-refractivity contribution in [3.63, 3.8) is 0 Å². The lowest BCUT2D eigenvalue weighted by molar-refractivity contribution is -0.384. The molecule has 0 aliphatic carbocycles. The number of para-hydroxylation sites is 2. The lowest BCUT2D eigenvalue weighted by Crippen LogP contribution is -2.33. The highest BCUT2D eigenvalue weighted by Gasteiger charge is 2.27. The number of hydrogen-bond donors (Lipinski definition) is 1. The van der Waals surface area contributed by atoms with Crippen LogP contribution in [0.25, 0.3) is 0 Å². The SMILES string of the molecule is CCOC(=O)c1n[nH]c(C2CCN(c3ccccc3[N+](=O)[O-])CC2)n1. The van der Waals surface area contributed by atoms with Crippen molar-refractivity contribution < 1.29 is 14.5 Å². The molecule has 0 radical (unpaired) electrons. The van der Waals surface area contributed by atoms with E-state index in [0.29, 0.717) is 24.6 Å². The molecule has 1 aliphatic rings. The summed E-state index contributed by atoms with van der Waals surface area (Å²) in [5, 5.41) is 17.9. The molecular formula is C16H19N5O4. The third kappa shape index (κ3) is 3.59. The van der Waals surface area contributed by atoms with E-state index in [-0.39, 0.29) is 29.0 Å². The number of nitro benzene ring substituents is 1. The number of aromatic amines is 1. The van der Waals surface area contributed by atoms with Crippen molar-refractivity contribution in [2.45, 2.75) is 25.7 Å². The van der Waals surface area contributed by atoms with Gasteiger partial charge in [-0.15, -0.1) is 5.10 Å². The van der Waals surface area contributed by atoms with E-state index in [4.69, 9.17) is 4.74 Å². The number of rotatable bonds is 5. The number of aromatic nitrogens is 3. The summed E-state index contributed by atoms with van der Waals surface area (Å²) in [6.45, 7) is 3.34. The molecule has 0 bridgehead atoms. The maximum absolute atomic E-state index is 11.6. The van der Waals surface area contributed by atoms with Crippen LogP contribution in [0.3, 0.4) is 0 Å². The Morgan fingerprint density at radius 3 is 2.80 bits per heavy atom. The molecule has 0 unspecified atom stereocenters. The molecule has 9 heteroatoms. The molecule has 0 saturated carbocycles. The number of nitrogens with one attached hydrogen (secondary N) is 1. The lowest BCUT2D eigenvalue weighted by atomic mass is 9.95. The van der Waals surface area contributed by atoms with Gasteiger partial charge < -0.3 is 9.64 Å². The quantitative estimate of drug-likeness (QED) is 0.502. The van der Waals surface area contributed by atoms with Crippen molar-refractivity contribution in [2.24, 2.45) is 0 Å². The van der Waals surface area contributed by atoms with Gasteiger partial charge >= 0.3 is 5.97 Å². The number of piperidine rings is 1. The number of nitrogens with zero attached hydrogens (tertiary/aromatic N) is 4. The number of H-pyrrole nitrogens is 1. The summed E-state index contributed by atoms with van der Waals surface area (Å²) >= 11 is 0. The lowest BCUT2D eigenvalue weighted by Gasteiger charge is -2.32. The van der Waals surface area contributed by atoms with Crippen molar-refractivity contribution in [1.29, 1.82) is 0 Å². The highest BCUT2D eigenvalue weighted by atomic mass is 16.6. The Morgan fingerprint density at radius 1 is 1.40 bits per heavy atom. The Balaban J connectivity index is 1.67. The van der Waals surface area contributed by atoms with Gasteiger partial charge in [-0.05, 0) is 25.8 Å². The number of ether oxygens (including phenoxy) is 1. The fraction of sp³-hybridized carbons (Fsp3) is 0.438. The van der Waals surface area contributed by atoms with Gasteiger partial charge in [-0.2, -0.15) is 0 Å². The topological polar surface area (TPSA) is 114 Å². The maximum Gasteiger partial charge on any atom is 0.378 e. The van der Waals surface area contributed by atoms with E-state index in [1.807, 2.05) is 4.90 Å². The fourth-order valence-electron chi connectivity index (χ4n) is 3.02. The minimum absolute atomic E-state index is 0.0398. The van der Waals surface area contributed by atoms with Crippen molar-refractivity contribution in [3.8, 4) is 0 Å². The monoisotopic (exact) mass is 345 g/mol. The number of carbonyl (C=O) groups excluding carboxylic acids is 1. The van der Waals surface area contributed by atoms with E-state index < -0.39 is 5.97 Å². The fourth-order valence-corrected chi connectivity index (χ4v) is 3.02. The van der Waals surface area contributed by atoms with Gasteiger partial charge in [-0.1, -0.05) is 12.1 Å². The van der Waals surface area contributed by atoms with E-state index in [2.05, 4.69) is 15.2 Å². The summed E-state index contributed by atoms with van der Waals surface area (Å²) in [4.78, 5) is 28.7. The highest BCUT2D eigenvalue weighted by molar-refractivity contribution is 5.84. The molecule has 3 rings (SSSR count). The number of nitro groups is 1. The van der Waals surface area contributed by atoms with Crippen molar-refractivity contribution in [3.05, 3.63) is 46.0 Å². The van der Waals surface area contributed by atoms with E-state index >= 15 is 0 Å². The molecule has 0 amide bonds. The zero-order chi connectivity index (χ0) is 17.8. The van der Waals surface area contributed by atoms with Crippen molar-refractivity contribution >= 4 is 17.3 Å². The Bertz CT molecular complexity index is 767. The summed E-state index contributed by atoms with van der Waals surface area (Å²) in [5.74, 6) is 0.292. The average Bonchev–Trinajstić information content (AvgIpc) is 3.12. The molecule has 2 aromatic rings. The third-order valence-electron chi connectivity index (χ3n) is 4.26. The van der Waals surface area contributed by atoms with Gasteiger partial charge in [0.25, 0.3) is 11.5 Å². The van der Waals surface area contributed by atoms with Gasteiger partial charge in [0.15, 0.2) is 0 Å². The molecule has 1 N–H and O–H groups in total. The van der Waals surface area contributed by atoms with Crippen molar-refractivity contribution in [2.75, 3.05) is 24.6 Å². The molecular weight excluding hydrogens is 326 g/mol. The van der Waals surface area contributed by atoms with E-state index in [9.17, 15) is 14.9 Å². The Hall–Kier alpha value is -2.97. The number of benzene rings is 1. The van der Waals surface area contributed by atoms with Crippen LogP contribution in [0.1, 0.15) is 42.1 Å². The molecule has 2 heterocycles. The van der Waals surface area contributed by atoms with Gasteiger partial charge in [0.05, 0.1) is 11.5 Å². The van der Waals surface area contributed by atoms with Gasteiger partial charge in [0.1, 0.15) is 11.5 Å². The van der Waals surface area contributed by atoms with Crippen LogP contribution in [-0.4, -0.2) is 45.8 Å². The molecule has 1 saturated heterocycles. The first-order valence-electron chi connectivity index (χ1n) is 8.18. The van der Waals surface area contributed by atoms with Gasteiger partial charge in [0.2, 0.25) is 0 Å². The van der Waals surface area contributed by atoms with Crippen LogP contribution in [0.4, 0.5) is 11.4 Å². The van der Waals surface area contributed by atoms with E-state index in [1.54, 1.807) is 25.1 Å². The molecule has 0 spiro atoms. The predicted molar refractivity (Wildman–Crippen MR) is 89.6 cm³/mol. The maximum atomic E-state index is 11.6. The first-order chi connectivity index (χ1) is 12.1. The van der Waals surface area contributed by atoms with Gasteiger partial charge in [-0.3, -0.25) is 15.2 Å². The average molecular weight is 345 g/mol. The first-order valence-corrected chi connectivity index (χ1v) is 8.18. The van der Waals surface area contributed by atoms with Crippen LogP contribution >= 0.6 is 0 Å². The summed E-state index contributed by atoms with van der Waals surface area (Å²) in [7, 11) is 0. The minimum Gasteiger partial charge on any atom is -0.460 e. The molecule has 132 valence electrons. The number of carbonyl (C=O) groups is 1. The van der Waals surface area contributed by atoms with Crippen LogP contribution in [0.5, 0.6) is 0 Å². The Labute approximate surface area is 144 Å². The molecule has 1 aliphatic heterocycles. The summed E-state index contributed by atoms with van der Waals surface area (Å²) in [6.07, 6.45) is 1.53. The van der Waals surface area contributed by atoms with Crippen LogP contribution in [-0.2, 0) is 4.74 Å². The van der Waals surface area contributed by atoms with Crippen LogP contribution in [0.15, 0.2) is 24.3 Å². The molecule has 1 fully saturated rings. The number of anilines is 1. The predicted octanol–water partition coefficient (Wildman–Crippen LogP) is 2.27. The summed E-state index contributed by atoms with van der Waals surface area (Å²) in [5.41, 5.74) is 0.751. The van der Waals surface area contributed by atoms with E-state index in [0.717, 1.165) is 12.8 Å². The second kappa shape index (κ2) is 7.29. The van der Waals surface area contributed by atoms with Gasteiger partial charge in [-0.25, -0.2) is 9.78 Å². The first kappa shape index (κ1) is 16.9. The number of esters is 1. The Morgan fingerprint density at radius 2 is 2.12 bits per heavy atom. The van der Waals surface area contributed by atoms with Crippen LogP contribution < -0.4 is 4.90 Å². The molecule has 9 nitrogen and oxygen atoms in total.